The molecule has 4 nitrogen and oxygen atoms in total. The van der Waals surface area contributed by atoms with E-state index in [1.165, 1.54) is 12.8 Å². The summed E-state index contributed by atoms with van der Waals surface area (Å²) in [6.07, 6.45) is 2.83. The lowest BCUT2D eigenvalue weighted by Gasteiger charge is -2.40. The molecule has 0 aromatic carbocycles. The van der Waals surface area contributed by atoms with Crippen molar-refractivity contribution in [1.29, 1.82) is 0 Å². The number of ether oxygens (including phenoxy) is 1. The van der Waals surface area contributed by atoms with Gasteiger partial charge >= 0.3 is 0 Å². The first-order chi connectivity index (χ1) is 8.79. The highest BCUT2D eigenvalue weighted by atomic mass is 16.5. The van der Waals surface area contributed by atoms with Crippen LogP contribution in [0.15, 0.2) is 16.5 Å². The highest BCUT2D eigenvalue weighted by molar-refractivity contribution is 5.14. The second kappa shape index (κ2) is 5.03. The Kier molecular flexibility index (Phi) is 3.41. The molecule has 2 fully saturated rings. The average molecular weight is 250 g/mol. The smallest absolute Gasteiger partial charge is 0.124 e. The van der Waals surface area contributed by atoms with Crippen LogP contribution in [-0.2, 0) is 4.74 Å². The minimum absolute atomic E-state index is 0.190. The second-order valence-electron chi connectivity index (χ2n) is 5.33. The van der Waals surface area contributed by atoms with Crippen molar-refractivity contribution < 1.29 is 9.15 Å². The van der Waals surface area contributed by atoms with Gasteiger partial charge in [0.25, 0.3) is 0 Å². The van der Waals surface area contributed by atoms with Crippen LogP contribution < -0.4 is 5.32 Å². The van der Waals surface area contributed by atoms with Crippen molar-refractivity contribution in [2.75, 3.05) is 26.7 Å². The van der Waals surface area contributed by atoms with Gasteiger partial charge in [-0.1, -0.05) is 0 Å². The summed E-state index contributed by atoms with van der Waals surface area (Å²) in [4.78, 5) is 2.57. The highest BCUT2D eigenvalue weighted by Gasteiger charge is 2.42. The number of furan rings is 1. The topological polar surface area (TPSA) is 37.6 Å². The zero-order chi connectivity index (χ0) is 12.5. The van der Waals surface area contributed by atoms with E-state index < -0.39 is 0 Å². The Balaban J connectivity index is 1.85. The van der Waals surface area contributed by atoms with Gasteiger partial charge in [0.2, 0.25) is 0 Å². The summed E-state index contributed by atoms with van der Waals surface area (Å²) < 4.78 is 11.8. The van der Waals surface area contributed by atoms with Gasteiger partial charge in [0.1, 0.15) is 11.5 Å². The molecule has 2 heterocycles. The number of hydrogen-bond acceptors (Lipinski definition) is 4. The Morgan fingerprint density at radius 3 is 2.83 bits per heavy atom. The van der Waals surface area contributed by atoms with E-state index in [4.69, 9.17) is 9.15 Å². The van der Waals surface area contributed by atoms with Gasteiger partial charge in [0, 0.05) is 19.1 Å². The van der Waals surface area contributed by atoms with Crippen molar-refractivity contribution in [2.45, 2.75) is 38.0 Å². The number of nitrogens with zero attached hydrogens (tertiary/aromatic N) is 1. The lowest BCUT2D eigenvalue weighted by atomic mass is 10.0. The summed E-state index contributed by atoms with van der Waals surface area (Å²) in [6, 6.07) is 5.16. The molecular formula is C14H22N2O2. The second-order valence-corrected chi connectivity index (χ2v) is 5.33. The zero-order valence-electron chi connectivity index (χ0n) is 11.2. The third kappa shape index (κ3) is 2.32. The van der Waals surface area contributed by atoms with Gasteiger partial charge in [-0.05, 0) is 38.9 Å². The van der Waals surface area contributed by atoms with Crippen LogP contribution >= 0.6 is 0 Å². The number of nitrogens with one attached hydrogen (secondary N) is 1. The molecule has 2 unspecified atom stereocenters. The van der Waals surface area contributed by atoms with Crippen molar-refractivity contribution in [2.24, 2.45) is 0 Å². The fourth-order valence-electron chi connectivity index (χ4n) is 2.90. The molecule has 100 valence electrons. The van der Waals surface area contributed by atoms with E-state index in [-0.39, 0.29) is 12.1 Å². The first-order valence-electron chi connectivity index (χ1n) is 6.88. The largest absolute Gasteiger partial charge is 0.465 e. The van der Waals surface area contributed by atoms with Gasteiger partial charge in [-0.3, -0.25) is 4.90 Å². The molecule has 2 aliphatic rings. The normalized spacial score (nSPS) is 29.7. The quantitative estimate of drug-likeness (QED) is 0.883. The fraction of sp³-hybridized carbons (Fsp3) is 0.714. The van der Waals surface area contributed by atoms with Crippen LogP contribution in [0.4, 0.5) is 0 Å². The summed E-state index contributed by atoms with van der Waals surface area (Å²) in [5.41, 5.74) is 0. The van der Waals surface area contributed by atoms with Crippen molar-refractivity contribution in [3.8, 4) is 0 Å². The maximum absolute atomic E-state index is 5.94. The van der Waals surface area contributed by atoms with Gasteiger partial charge in [0.15, 0.2) is 0 Å². The van der Waals surface area contributed by atoms with Gasteiger partial charge < -0.3 is 14.5 Å². The van der Waals surface area contributed by atoms with Crippen molar-refractivity contribution in [1.82, 2.24) is 10.2 Å². The van der Waals surface area contributed by atoms with Crippen LogP contribution in [0.5, 0.6) is 0 Å². The van der Waals surface area contributed by atoms with E-state index in [0.29, 0.717) is 0 Å². The van der Waals surface area contributed by atoms with Gasteiger partial charge in [-0.25, -0.2) is 0 Å². The minimum Gasteiger partial charge on any atom is -0.465 e. The lowest BCUT2D eigenvalue weighted by Crippen LogP contribution is -2.49. The van der Waals surface area contributed by atoms with E-state index in [1.54, 1.807) is 0 Å². The molecule has 0 bridgehead atoms. The highest BCUT2D eigenvalue weighted by Crippen LogP contribution is 2.39. The predicted octanol–water partition coefficient (Wildman–Crippen LogP) is 1.71. The first kappa shape index (κ1) is 12.2. The van der Waals surface area contributed by atoms with Crippen molar-refractivity contribution >= 4 is 0 Å². The van der Waals surface area contributed by atoms with Crippen LogP contribution in [0.1, 0.15) is 30.4 Å². The van der Waals surface area contributed by atoms with Crippen LogP contribution in [0.25, 0.3) is 0 Å². The third-order valence-corrected chi connectivity index (χ3v) is 3.86. The average Bonchev–Trinajstić information content (AvgIpc) is 3.12. The van der Waals surface area contributed by atoms with Gasteiger partial charge in [-0.2, -0.15) is 0 Å². The number of aryl methyl sites for hydroxylation is 1. The number of likely N-dealkylation sites (N-methyl/N-ethyl adjacent to an activating group) is 1. The number of hydrogen-bond donors (Lipinski definition) is 1. The van der Waals surface area contributed by atoms with E-state index in [9.17, 15) is 0 Å². The molecule has 1 aliphatic carbocycles. The molecule has 0 spiro atoms. The lowest BCUT2D eigenvalue weighted by molar-refractivity contribution is -0.0803. The molecule has 0 amide bonds. The molecule has 4 heteroatoms. The monoisotopic (exact) mass is 250 g/mol. The van der Waals surface area contributed by atoms with Gasteiger partial charge in [-0.15, -0.1) is 0 Å². The molecule has 1 saturated heterocycles. The molecule has 1 aromatic rings. The Bertz CT molecular complexity index is 398. The summed E-state index contributed by atoms with van der Waals surface area (Å²) in [7, 11) is 1.98. The standard InChI is InChI=1S/C14H22N2O2/c1-10-3-6-12(18-10)14-13(9-15-2)17-8-7-16(14)11-4-5-11/h3,6,11,13-15H,4-5,7-9H2,1-2H3. The minimum atomic E-state index is 0.190. The van der Waals surface area contributed by atoms with E-state index >= 15 is 0 Å². The molecule has 1 N–H and O–H groups in total. The van der Waals surface area contributed by atoms with Crippen molar-refractivity contribution in [3.63, 3.8) is 0 Å². The molecular weight excluding hydrogens is 228 g/mol. The fourth-order valence-corrected chi connectivity index (χ4v) is 2.90. The first-order valence-corrected chi connectivity index (χ1v) is 6.88. The molecule has 18 heavy (non-hydrogen) atoms. The van der Waals surface area contributed by atoms with Crippen LogP contribution in [0, 0.1) is 6.92 Å². The Morgan fingerprint density at radius 1 is 1.39 bits per heavy atom. The molecule has 1 aromatic heterocycles. The summed E-state index contributed by atoms with van der Waals surface area (Å²) in [5.74, 6) is 2.04. The Hall–Kier alpha value is -0.840. The predicted molar refractivity (Wildman–Crippen MR) is 69.6 cm³/mol. The third-order valence-electron chi connectivity index (χ3n) is 3.86. The van der Waals surface area contributed by atoms with Gasteiger partial charge in [0.05, 0.1) is 18.8 Å². The maximum Gasteiger partial charge on any atom is 0.124 e. The SMILES string of the molecule is CNCC1OCCN(C2CC2)C1c1ccc(C)o1. The summed E-state index contributed by atoms with van der Waals surface area (Å²) in [5, 5.41) is 3.23. The van der Waals surface area contributed by atoms with E-state index in [0.717, 1.165) is 37.3 Å². The number of morpholine rings is 1. The summed E-state index contributed by atoms with van der Waals surface area (Å²) in [6.45, 7) is 4.73. The summed E-state index contributed by atoms with van der Waals surface area (Å²) >= 11 is 0. The van der Waals surface area contributed by atoms with Crippen LogP contribution in [-0.4, -0.2) is 43.8 Å². The van der Waals surface area contributed by atoms with E-state index in [1.807, 2.05) is 20.0 Å². The van der Waals surface area contributed by atoms with Crippen LogP contribution in [0.2, 0.25) is 0 Å². The molecule has 0 radical (unpaired) electrons. The number of rotatable bonds is 4. The zero-order valence-corrected chi connectivity index (χ0v) is 11.2. The Labute approximate surface area is 108 Å². The molecule has 2 atom stereocenters. The van der Waals surface area contributed by atoms with Crippen molar-refractivity contribution in [3.05, 3.63) is 23.7 Å². The molecule has 1 saturated carbocycles. The van der Waals surface area contributed by atoms with E-state index in [2.05, 4.69) is 16.3 Å². The maximum atomic E-state index is 5.94. The molecule has 1 aliphatic heterocycles. The van der Waals surface area contributed by atoms with Crippen LogP contribution in [0.3, 0.4) is 0 Å². The Morgan fingerprint density at radius 2 is 2.22 bits per heavy atom. The molecule has 3 rings (SSSR count).